The molecule has 170 valence electrons. The Labute approximate surface area is 190 Å². The molecule has 10 heteroatoms. The highest BCUT2D eigenvalue weighted by Gasteiger charge is 2.41. The minimum absolute atomic E-state index is 0.0825. The van der Waals surface area contributed by atoms with Crippen molar-refractivity contribution in [3.05, 3.63) is 62.3 Å². The van der Waals surface area contributed by atoms with Crippen LogP contribution in [0.3, 0.4) is 0 Å². The van der Waals surface area contributed by atoms with Gasteiger partial charge in [-0.1, -0.05) is 44.7 Å². The number of nitro benzene ring substituents is 1. The fourth-order valence-electron chi connectivity index (χ4n) is 3.58. The number of thioether (sulfide) groups is 1. The van der Waals surface area contributed by atoms with Crippen LogP contribution in [-0.4, -0.2) is 40.5 Å². The number of rotatable bonds is 8. The first-order valence-corrected chi connectivity index (χ1v) is 11.2. The maximum absolute atomic E-state index is 12.8. The van der Waals surface area contributed by atoms with Gasteiger partial charge in [0.15, 0.2) is 5.17 Å². The highest BCUT2D eigenvalue weighted by Crippen LogP contribution is 2.45. The van der Waals surface area contributed by atoms with E-state index in [0.29, 0.717) is 46.6 Å². The molecule has 1 unspecified atom stereocenters. The maximum Gasteiger partial charge on any atom is 0.338 e. The number of non-ortho nitro benzene ring substituents is 1. The van der Waals surface area contributed by atoms with Crippen LogP contribution in [0.1, 0.15) is 45.2 Å². The molecule has 2 aliphatic heterocycles. The summed E-state index contributed by atoms with van der Waals surface area (Å²) in [4.78, 5) is 42.7. The Bertz CT molecular complexity index is 1030. The zero-order valence-corrected chi connectivity index (χ0v) is 19.3. The fourth-order valence-corrected chi connectivity index (χ4v) is 4.52. The number of methoxy groups -OCH3 is 1. The van der Waals surface area contributed by atoms with E-state index in [1.165, 1.54) is 31.0 Å². The summed E-state index contributed by atoms with van der Waals surface area (Å²) < 4.78 is 5.05. The van der Waals surface area contributed by atoms with E-state index in [4.69, 9.17) is 4.74 Å². The second kappa shape index (κ2) is 9.99. The van der Waals surface area contributed by atoms with E-state index >= 15 is 0 Å². The lowest BCUT2D eigenvalue weighted by Gasteiger charge is -2.36. The quantitative estimate of drug-likeness (QED) is 0.357. The first-order chi connectivity index (χ1) is 15.3. The summed E-state index contributed by atoms with van der Waals surface area (Å²) in [5, 5.41) is 16.8. The summed E-state index contributed by atoms with van der Waals surface area (Å²) in [6.07, 6.45) is 0.581. The molecule has 1 N–H and O–H groups in total. The van der Waals surface area contributed by atoms with Gasteiger partial charge < -0.3 is 15.0 Å². The van der Waals surface area contributed by atoms with E-state index in [-0.39, 0.29) is 18.0 Å². The Morgan fingerprint density at radius 2 is 2.12 bits per heavy atom. The molecule has 1 aromatic carbocycles. The Balaban J connectivity index is 2.06. The molecular weight excluding hydrogens is 432 g/mol. The Hall–Kier alpha value is -3.14. The average Bonchev–Trinajstić information content (AvgIpc) is 3.17. The van der Waals surface area contributed by atoms with Gasteiger partial charge in [-0.25, -0.2) is 9.79 Å². The number of allylic oxidation sites excluding steroid dienone is 1. The first kappa shape index (κ1) is 23.5. The van der Waals surface area contributed by atoms with Gasteiger partial charge in [0.1, 0.15) is 0 Å². The largest absolute Gasteiger partial charge is 0.466 e. The van der Waals surface area contributed by atoms with Crippen molar-refractivity contribution in [2.75, 3.05) is 13.7 Å². The lowest BCUT2D eigenvalue weighted by molar-refractivity contribution is -0.384. The highest BCUT2D eigenvalue weighted by molar-refractivity contribution is 8.16. The van der Waals surface area contributed by atoms with Crippen molar-refractivity contribution in [2.45, 2.75) is 39.7 Å². The predicted octanol–water partition coefficient (Wildman–Crippen LogP) is 3.90. The van der Waals surface area contributed by atoms with Crippen LogP contribution in [0.25, 0.3) is 0 Å². The number of hydrogen-bond acceptors (Lipinski definition) is 8. The van der Waals surface area contributed by atoms with Crippen LogP contribution < -0.4 is 5.32 Å². The number of esters is 1. The van der Waals surface area contributed by atoms with Gasteiger partial charge >= 0.3 is 5.97 Å². The van der Waals surface area contributed by atoms with Gasteiger partial charge in [0, 0.05) is 24.4 Å². The minimum Gasteiger partial charge on any atom is -0.466 e. The summed E-state index contributed by atoms with van der Waals surface area (Å²) in [6.45, 7) is 6.47. The standard InChI is InChI=1S/C22H26N4O5S/c1-5-17-19(21(28)31-4)20(14-7-6-8-15(9-14)26(29)30)25-16(12-32-22(25)24-17)10-18(27)23-11-13(2)3/h6-9,12-13,20H,5,10-11H2,1-4H3,(H,23,27). The average molecular weight is 459 g/mol. The fraction of sp³-hybridized carbons (Fsp3) is 0.409. The van der Waals surface area contributed by atoms with Gasteiger partial charge in [-0.05, 0) is 23.3 Å². The maximum atomic E-state index is 12.8. The highest BCUT2D eigenvalue weighted by atomic mass is 32.2. The van der Waals surface area contributed by atoms with Crippen molar-refractivity contribution in [3.8, 4) is 0 Å². The summed E-state index contributed by atoms with van der Waals surface area (Å²) in [5.74, 6) is -0.382. The second-order valence-corrected chi connectivity index (χ2v) is 8.66. The molecule has 0 fully saturated rings. The molecular formula is C22H26N4O5S. The number of nitrogens with one attached hydrogen (secondary N) is 1. The summed E-state index contributed by atoms with van der Waals surface area (Å²) in [6, 6.07) is 5.48. The number of hydrogen-bond donors (Lipinski definition) is 1. The van der Waals surface area contributed by atoms with Crippen molar-refractivity contribution in [1.82, 2.24) is 10.2 Å². The zero-order chi connectivity index (χ0) is 23.4. The number of nitrogens with zero attached hydrogens (tertiary/aromatic N) is 3. The molecule has 2 heterocycles. The Morgan fingerprint density at radius 1 is 1.38 bits per heavy atom. The molecule has 1 atom stereocenters. The molecule has 1 aromatic rings. The number of nitro groups is 1. The predicted molar refractivity (Wildman–Crippen MR) is 123 cm³/mol. The molecule has 0 aliphatic carbocycles. The van der Waals surface area contributed by atoms with Gasteiger partial charge in [0.05, 0.1) is 35.8 Å². The topological polar surface area (TPSA) is 114 Å². The van der Waals surface area contributed by atoms with E-state index in [0.717, 1.165) is 0 Å². The van der Waals surface area contributed by atoms with Crippen LogP contribution in [0, 0.1) is 16.0 Å². The SMILES string of the molecule is CCC1=C(C(=O)OC)C(c2cccc([N+](=O)[O-])c2)N2C(CC(=O)NCC(C)C)=CSC2=N1. The Kier molecular flexibility index (Phi) is 7.34. The van der Waals surface area contributed by atoms with Crippen LogP contribution in [0.5, 0.6) is 0 Å². The van der Waals surface area contributed by atoms with Crippen LogP contribution in [0.2, 0.25) is 0 Å². The number of amides is 1. The number of benzene rings is 1. The lowest BCUT2D eigenvalue weighted by Crippen LogP contribution is -2.38. The van der Waals surface area contributed by atoms with Crippen LogP contribution in [-0.2, 0) is 14.3 Å². The number of carbonyl (C=O) groups is 2. The number of amidine groups is 1. The van der Waals surface area contributed by atoms with Gasteiger partial charge in [-0.2, -0.15) is 0 Å². The van der Waals surface area contributed by atoms with E-state index < -0.39 is 16.9 Å². The van der Waals surface area contributed by atoms with E-state index in [9.17, 15) is 19.7 Å². The molecule has 0 saturated heterocycles. The summed E-state index contributed by atoms with van der Waals surface area (Å²) >= 11 is 1.36. The molecule has 0 saturated carbocycles. The zero-order valence-electron chi connectivity index (χ0n) is 18.5. The summed E-state index contributed by atoms with van der Waals surface area (Å²) in [7, 11) is 1.29. The van der Waals surface area contributed by atoms with Crippen LogP contribution in [0.4, 0.5) is 5.69 Å². The van der Waals surface area contributed by atoms with E-state index in [1.807, 2.05) is 31.1 Å². The lowest BCUT2D eigenvalue weighted by atomic mass is 9.92. The number of carbonyl (C=O) groups excluding carboxylic acids is 2. The van der Waals surface area contributed by atoms with Gasteiger partial charge in [0.25, 0.3) is 5.69 Å². The molecule has 3 rings (SSSR count). The molecule has 0 spiro atoms. The van der Waals surface area contributed by atoms with Crippen molar-refractivity contribution in [3.63, 3.8) is 0 Å². The molecule has 0 radical (unpaired) electrons. The smallest absolute Gasteiger partial charge is 0.338 e. The van der Waals surface area contributed by atoms with Gasteiger partial charge in [-0.3, -0.25) is 14.9 Å². The van der Waals surface area contributed by atoms with Crippen molar-refractivity contribution in [2.24, 2.45) is 10.9 Å². The minimum atomic E-state index is -0.691. The number of fused-ring (bicyclic) bond motifs is 1. The van der Waals surface area contributed by atoms with Crippen LogP contribution >= 0.6 is 11.8 Å². The number of ether oxygens (including phenoxy) is 1. The van der Waals surface area contributed by atoms with Crippen molar-refractivity contribution < 1.29 is 19.2 Å². The molecule has 2 aliphatic rings. The normalized spacial score (nSPS) is 17.7. The summed E-state index contributed by atoms with van der Waals surface area (Å²) in [5.41, 5.74) is 2.01. The molecule has 1 amide bonds. The molecule has 0 aromatic heterocycles. The Morgan fingerprint density at radius 3 is 2.75 bits per heavy atom. The number of aliphatic imine (C=N–C) groups is 1. The molecule has 32 heavy (non-hydrogen) atoms. The van der Waals surface area contributed by atoms with Crippen molar-refractivity contribution in [1.29, 1.82) is 0 Å². The molecule has 0 bridgehead atoms. The van der Waals surface area contributed by atoms with E-state index in [2.05, 4.69) is 10.3 Å². The monoisotopic (exact) mass is 458 g/mol. The third-order valence-corrected chi connectivity index (χ3v) is 5.96. The second-order valence-electron chi connectivity index (χ2n) is 7.83. The van der Waals surface area contributed by atoms with Crippen LogP contribution in [0.15, 0.2) is 51.6 Å². The van der Waals surface area contributed by atoms with Crippen molar-refractivity contribution >= 4 is 34.5 Å². The molecule has 9 nitrogen and oxygen atoms in total. The third kappa shape index (κ3) is 4.85. The van der Waals surface area contributed by atoms with Gasteiger partial charge in [-0.15, -0.1) is 0 Å². The first-order valence-electron chi connectivity index (χ1n) is 10.3. The van der Waals surface area contributed by atoms with Gasteiger partial charge in [0.2, 0.25) is 5.91 Å². The van der Waals surface area contributed by atoms with E-state index in [1.54, 1.807) is 12.1 Å². The third-order valence-electron chi connectivity index (χ3n) is 5.08.